The van der Waals surface area contributed by atoms with Crippen LogP contribution in [0.4, 0.5) is 0 Å². The molecule has 1 unspecified atom stereocenters. The van der Waals surface area contributed by atoms with Crippen molar-refractivity contribution in [1.29, 1.82) is 0 Å². The summed E-state index contributed by atoms with van der Waals surface area (Å²) in [6.45, 7) is 2.32. The van der Waals surface area contributed by atoms with Gasteiger partial charge in [0.25, 0.3) is 0 Å². The molecule has 2 amide bonds. The van der Waals surface area contributed by atoms with E-state index in [9.17, 15) is 9.59 Å². The lowest BCUT2D eigenvalue weighted by Crippen LogP contribution is -2.45. The maximum atomic E-state index is 12.6. The Morgan fingerprint density at radius 3 is 2.79 bits per heavy atom. The van der Waals surface area contributed by atoms with Crippen molar-refractivity contribution in [2.24, 2.45) is 5.92 Å². The fraction of sp³-hybridized carbons (Fsp3) is 0.667. The summed E-state index contributed by atoms with van der Waals surface area (Å²) in [6, 6.07) is 3.96. The summed E-state index contributed by atoms with van der Waals surface area (Å²) in [4.78, 5) is 27.5. The molecule has 1 aliphatic heterocycles. The predicted molar refractivity (Wildman–Crippen MR) is 93.7 cm³/mol. The first kappa shape index (κ1) is 17.4. The quantitative estimate of drug-likeness (QED) is 0.769. The average molecular weight is 350 g/mol. The number of carbonyl (C=O) groups is 2. The monoisotopic (exact) mass is 350 g/mol. The van der Waals surface area contributed by atoms with E-state index in [1.165, 1.54) is 19.3 Å². The van der Waals surface area contributed by atoms with Crippen LogP contribution in [0.2, 0.25) is 0 Å². The van der Waals surface area contributed by atoms with Crippen LogP contribution in [0.5, 0.6) is 0 Å². The molecule has 0 spiro atoms. The van der Waals surface area contributed by atoms with Crippen molar-refractivity contribution in [3.8, 4) is 0 Å². The van der Waals surface area contributed by atoms with Crippen molar-refractivity contribution in [2.75, 3.05) is 19.7 Å². The number of hydrogen-bond acceptors (Lipinski definition) is 4. The fourth-order valence-electron chi connectivity index (χ4n) is 3.23. The van der Waals surface area contributed by atoms with Gasteiger partial charge in [0.15, 0.2) is 0 Å². The second-order valence-electron chi connectivity index (χ2n) is 6.74. The Morgan fingerprint density at radius 1 is 1.29 bits per heavy atom. The molecule has 3 rings (SSSR count). The minimum absolute atomic E-state index is 0.0525. The van der Waals surface area contributed by atoms with Gasteiger partial charge in [-0.25, -0.2) is 0 Å². The highest BCUT2D eigenvalue weighted by Crippen LogP contribution is 2.28. The number of carbonyl (C=O) groups excluding carboxylic acids is 2. The van der Waals surface area contributed by atoms with Gasteiger partial charge in [0.2, 0.25) is 0 Å². The van der Waals surface area contributed by atoms with Crippen LogP contribution in [0, 0.1) is 5.92 Å². The van der Waals surface area contributed by atoms with Crippen LogP contribution in [0.15, 0.2) is 17.5 Å². The number of nitrogens with one attached hydrogen (secondary N) is 1. The molecule has 2 fully saturated rings. The summed E-state index contributed by atoms with van der Waals surface area (Å²) in [5, 5.41) is 4.79. The third-order valence-corrected chi connectivity index (χ3v) is 5.78. The summed E-state index contributed by atoms with van der Waals surface area (Å²) in [6.07, 6.45) is 6.83. The number of nitrogens with zero attached hydrogens (tertiary/aromatic N) is 1. The van der Waals surface area contributed by atoms with Crippen molar-refractivity contribution in [3.05, 3.63) is 22.4 Å². The summed E-state index contributed by atoms with van der Waals surface area (Å²) < 4.78 is 5.65. The maximum absolute atomic E-state index is 12.6. The zero-order valence-electron chi connectivity index (χ0n) is 14.0. The van der Waals surface area contributed by atoms with Gasteiger partial charge in [0.05, 0.1) is 12.6 Å². The molecule has 5 nitrogen and oxygen atoms in total. The Kier molecular flexibility index (Phi) is 6.26. The molecule has 1 aliphatic carbocycles. The zero-order chi connectivity index (χ0) is 16.8. The highest BCUT2D eigenvalue weighted by molar-refractivity contribution is 7.09. The average Bonchev–Trinajstić information content (AvgIpc) is 3.22. The van der Waals surface area contributed by atoms with E-state index in [1.54, 1.807) is 16.2 Å². The molecule has 1 saturated carbocycles. The highest BCUT2D eigenvalue weighted by atomic mass is 32.1. The van der Waals surface area contributed by atoms with Crippen molar-refractivity contribution in [2.45, 2.75) is 51.2 Å². The Hall–Kier alpha value is -1.40. The minimum atomic E-state index is -0.483. The van der Waals surface area contributed by atoms with E-state index >= 15 is 0 Å². The third kappa shape index (κ3) is 4.80. The number of ether oxygens (including phenoxy) is 1. The molecule has 0 aromatic carbocycles. The number of thiophene rings is 1. The van der Waals surface area contributed by atoms with Crippen LogP contribution < -0.4 is 5.32 Å². The zero-order valence-corrected chi connectivity index (χ0v) is 14.9. The first-order chi connectivity index (χ1) is 11.7. The molecule has 0 radical (unpaired) electrons. The van der Waals surface area contributed by atoms with Crippen molar-refractivity contribution < 1.29 is 14.3 Å². The number of rotatable bonds is 7. The van der Waals surface area contributed by atoms with Gasteiger partial charge < -0.3 is 15.0 Å². The molecule has 2 heterocycles. The van der Waals surface area contributed by atoms with Crippen molar-refractivity contribution in [3.63, 3.8) is 0 Å². The molecular formula is C18H26N2O3S. The van der Waals surface area contributed by atoms with Crippen LogP contribution in [0.1, 0.15) is 43.4 Å². The van der Waals surface area contributed by atoms with Crippen molar-refractivity contribution in [1.82, 2.24) is 10.2 Å². The molecule has 1 atom stereocenters. The van der Waals surface area contributed by atoms with Crippen LogP contribution in [0.25, 0.3) is 0 Å². The van der Waals surface area contributed by atoms with E-state index in [-0.39, 0.29) is 6.10 Å². The van der Waals surface area contributed by atoms with E-state index in [2.05, 4.69) is 5.32 Å². The smallest absolute Gasteiger partial charge is 0.312 e. The van der Waals surface area contributed by atoms with Crippen LogP contribution in [-0.2, 0) is 20.9 Å². The molecular weight excluding hydrogens is 324 g/mol. The normalized spacial score (nSPS) is 20.6. The second-order valence-corrected chi connectivity index (χ2v) is 7.77. The van der Waals surface area contributed by atoms with Gasteiger partial charge in [-0.1, -0.05) is 25.3 Å². The molecule has 1 aromatic heterocycles. The van der Waals surface area contributed by atoms with Gasteiger partial charge in [-0.3, -0.25) is 9.59 Å². The molecule has 24 heavy (non-hydrogen) atoms. The Morgan fingerprint density at radius 2 is 2.17 bits per heavy atom. The molecule has 132 valence electrons. The maximum Gasteiger partial charge on any atom is 0.312 e. The first-order valence-corrected chi connectivity index (χ1v) is 9.81. The van der Waals surface area contributed by atoms with Crippen LogP contribution in [0.3, 0.4) is 0 Å². The minimum Gasteiger partial charge on any atom is -0.376 e. The van der Waals surface area contributed by atoms with Gasteiger partial charge in [-0.2, -0.15) is 0 Å². The third-order valence-electron chi connectivity index (χ3n) is 4.92. The van der Waals surface area contributed by atoms with E-state index in [0.717, 1.165) is 36.7 Å². The van der Waals surface area contributed by atoms with Gasteiger partial charge in [-0.05, 0) is 36.6 Å². The second kappa shape index (κ2) is 8.62. The topological polar surface area (TPSA) is 58.6 Å². The van der Waals surface area contributed by atoms with E-state index in [1.807, 2.05) is 17.5 Å². The van der Waals surface area contributed by atoms with Gasteiger partial charge in [0.1, 0.15) is 0 Å². The molecule has 1 aromatic rings. The lowest BCUT2D eigenvalue weighted by molar-refractivity contribution is -0.147. The lowest BCUT2D eigenvalue weighted by Gasteiger charge is -2.26. The summed E-state index contributed by atoms with van der Waals surface area (Å²) in [5.41, 5.74) is 0. The standard InChI is InChI=1S/C18H26N2O3S/c21-17(19-9-8-14-4-1-5-14)18(22)20(12-15-6-2-10-23-15)13-16-7-3-11-24-16/h3,7,11,14-15H,1-2,4-6,8-10,12-13H2,(H,19,21). The Labute approximate surface area is 147 Å². The predicted octanol–water partition coefficient (Wildman–Crippen LogP) is 2.56. The van der Waals surface area contributed by atoms with E-state index in [0.29, 0.717) is 19.6 Å². The molecule has 0 bridgehead atoms. The van der Waals surface area contributed by atoms with Gasteiger partial charge >= 0.3 is 11.8 Å². The highest BCUT2D eigenvalue weighted by Gasteiger charge is 2.27. The molecule has 2 aliphatic rings. The number of amides is 2. The molecule has 6 heteroatoms. The largest absolute Gasteiger partial charge is 0.376 e. The number of hydrogen-bond donors (Lipinski definition) is 1. The first-order valence-electron chi connectivity index (χ1n) is 8.93. The lowest BCUT2D eigenvalue weighted by atomic mass is 9.83. The molecule has 1 saturated heterocycles. The van der Waals surface area contributed by atoms with Crippen molar-refractivity contribution >= 4 is 23.2 Å². The Bertz CT molecular complexity index is 536. The fourth-order valence-corrected chi connectivity index (χ4v) is 3.95. The summed E-state index contributed by atoms with van der Waals surface area (Å²) in [5.74, 6) is -0.189. The van der Waals surface area contributed by atoms with Crippen LogP contribution in [-0.4, -0.2) is 42.5 Å². The van der Waals surface area contributed by atoms with Gasteiger partial charge in [-0.15, -0.1) is 11.3 Å². The summed E-state index contributed by atoms with van der Waals surface area (Å²) in [7, 11) is 0. The molecule has 1 N–H and O–H groups in total. The SMILES string of the molecule is O=C(NCCC1CCC1)C(=O)N(Cc1cccs1)CC1CCCO1. The Balaban J connectivity index is 1.52. The van der Waals surface area contributed by atoms with E-state index < -0.39 is 11.8 Å². The van der Waals surface area contributed by atoms with Crippen LogP contribution >= 0.6 is 11.3 Å². The van der Waals surface area contributed by atoms with E-state index in [4.69, 9.17) is 4.74 Å². The summed E-state index contributed by atoms with van der Waals surface area (Å²) >= 11 is 1.60. The van der Waals surface area contributed by atoms with Gasteiger partial charge in [0, 0.05) is 24.6 Å².